The summed E-state index contributed by atoms with van der Waals surface area (Å²) >= 11 is 0. The molecule has 0 spiro atoms. The largest absolute Gasteiger partial charge is 0.348 e. The summed E-state index contributed by atoms with van der Waals surface area (Å²) in [5.74, 6) is -1.67. The Hall–Kier alpha value is -2.63. The summed E-state index contributed by atoms with van der Waals surface area (Å²) in [7, 11) is 0. The van der Waals surface area contributed by atoms with E-state index in [1.54, 1.807) is 49.4 Å². The van der Waals surface area contributed by atoms with Crippen LogP contribution in [-0.4, -0.2) is 13.2 Å². The van der Waals surface area contributed by atoms with E-state index in [2.05, 4.69) is 6.92 Å². The zero-order chi connectivity index (χ0) is 25.5. The van der Waals surface area contributed by atoms with Crippen molar-refractivity contribution in [2.24, 2.45) is 5.92 Å². The molecule has 4 rings (SSSR count). The maximum atomic E-state index is 15.0. The molecule has 0 radical (unpaired) electrons. The quantitative estimate of drug-likeness (QED) is 0.261. The summed E-state index contributed by atoms with van der Waals surface area (Å²) in [5, 5.41) is 0. The van der Waals surface area contributed by atoms with Crippen molar-refractivity contribution in [3.05, 3.63) is 83.2 Å². The Bertz CT molecular complexity index is 1140. The molecule has 1 aliphatic rings. The zero-order valence-electron chi connectivity index (χ0n) is 21.2. The van der Waals surface area contributed by atoms with E-state index in [1.807, 2.05) is 6.07 Å². The van der Waals surface area contributed by atoms with Crippen LogP contribution in [0.3, 0.4) is 0 Å². The van der Waals surface area contributed by atoms with Crippen LogP contribution < -0.4 is 0 Å². The van der Waals surface area contributed by atoms with Crippen molar-refractivity contribution in [2.75, 3.05) is 13.2 Å². The fourth-order valence-corrected chi connectivity index (χ4v) is 4.75. The van der Waals surface area contributed by atoms with E-state index in [0.717, 1.165) is 12.0 Å². The molecule has 0 amide bonds. The smallest absolute Gasteiger partial charge is 0.186 e. The van der Waals surface area contributed by atoms with Crippen LogP contribution in [0.5, 0.6) is 0 Å². The number of unbranched alkanes of at least 4 members (excludes halogenated alkanes) is 4. The fourth-order valence-electron chi connectivity index (χ4n) is 4.75. The number of hydrogen-bond donors (Lipinski definition) is 0. The molecule has 0 saturated carbocycles. The number of benzene rings is 3. The second-order valence-corrected chi connectivity index (χ2v) is 9.63. The van der Waals surface area contributed by atoms with Crippen LogP contribution in [0.15, 0.2) is 54.6 Å². The Balaban J connectivity index is 1.38. The number of halogens is 3. The van der Waals surface area contributed by atoms with Gasteiger partial charge in [0.05, 0.1) is 13.2 Å². The van der Waals surface area contributed by atoms with Gasteiger partial charge in [-0.15, -0.1) is 0 Å². The van der Waals surface area contributed by atoms with Crippen molar-refractivity contribution in [3.63, 3.8) is 0 Å². The van der Waals surface area contributed by atoms with Crippen molar-refractivity contribution in [2.45, 2.75) is 65.1 Å². The molecule has 1 aliphatic heterocycles. The van der Waals surface area contributed by atoms with E-state index < -0.39 is 17.9 Å². The molecule has 0 unspecified atom stereocenters. The highest BCUT2D eigenvalue weighted by Crippen LogP contribution is 2.33. The first-order valence-corrected chi connectivity index (χ1v) is 13.1. The molecule has 0 aliphatic carbocycles. The molecule has 1 fully saturated rings. The average Bonchev–Trinajstić information content (AvgIpc) is 2.91. The number of ether oxygens (including phenoxy) is 2. The predicted octanol–water partition coefficient (Wildman–Crippen LogP) is 9.02. The minimum atomic E-state index is -0.844. The van der Waals surface area contributed by atoms with Crippen molar-refractivity contribution < 1.29 is 22.6 Å². The van der Waals surface area contributed by atoms with Gasteiger partial charge >= 0.3 is 0 Å². The normalized spacial score (nSPS) is 17.9. The lowest BCUT2D eigenvalue weighted by atomic mass is 9.97. The maximum Gasteiger partial charge on any atom is 0.186 e. The van der Waals surface area contributed by atoms with E-state index in [9.17, 15) is 8.78 Å². The monoisotopic (exact) mass is 496 g/mol. The van der Waals surface area contributed by atoms with Gasteiger partial charge in [0.15, 0.2) is 17.9 Å². The lowest BCUT2D eigenvalue weighted by molar-refractivity contribution is -0.207. The van der Waals surface area contributed by atoms with Crippen molar-refractivity contribution in [1.82, 2.24) is 0 Å². The van der Waals surface area contributed by atoms with Gasteiger partial charge in [0.2, 0.25) is 0 Å². The molecular weight excluding hydrogens is 461 g/mol. The van der Waals surface area contributed by atoms with E-state index >= 15 is 4.39 Å². The van der Waals surface area contributed by atoms with E-state index in [1.165, 1.54) is 38.2 Å². The highest BCUT2D eigenvalue weighted by molar-refractivity contribution is 5.71. The SMILES string of the molecule is CCCCCCCC1COC(c2ccc(-c3ccc(-c4ccc(CC)c(F)c4F)cc3)cc2F)OC1. The molecule has 1 saturated heterocycles. The summed E-state index contributed by atoms with van der Waals surface area (Å²) < 4.78 is 55.4. The van der Waals surface area contributed by atoms with Crippen molar-refractivity contribution in [3.8, 4) is 22.3 Å². The predicted molar refractivity (Wildman–Crippen MR) is 138 cm³/mol. The van der Waals surface area contributed by atoms with E-state index in [4.69, 9.17) is 9.47 Å². The van der Waals surface area contributed by atoms with Crippen LogP contribution >= 0.6 is 0 Å². The molecule has 3 aromatic carbocycles. The first-order chi connectivity index (χ1) is 17.5. The van der Waals surface area contributed by atoms with Crippen LogP contribution in [0.4, 0.5) is 13.2 Å². The third kappa shape index (κ3) is 6.19. The summed E-state index contributed by atoms with van der Waals surface area (Å²) in [6, 6.07) is 15.2. The highest BCUT2D eigenvalue weighted by atomic mass is 19.2. The van der Waals surface area contributed by atoms with E-state index in [-0.39, 0.29) is 11.4 Å². The second-order valence-electron chi connectivity index (χ2n) is 9.63. The molecule has 192 valence electrons. The lowest BCUT2D eigenvalue weighted by Crippen LogP contribution is -2.27. The Kier molecular flexibility index (Phi) is 9.22. The number of aryl methyl sites for hydroxylation is 1. The topological polar surface area (TPSA) is 18.5 Å². The van der Waals surface area contributed by atoms with E-state index in [0.29, 0.717) is 47.8 Å². The van der Waals surface area contributed by atoms with Gasteiger partial charge in [-0.1, -0.05) is 94.5 Å². The molecule has 36 heavy (non-hydrogen) atoms. The first-order valence-electron chi connectivity index (χ1n) is 13.1. The summed E-state index contributed by atoms with van der Waals surface area (Å²) in [5.41, 5.74) is 3.00. The molecule has 2 nitrogen and oxygen atoms in total. The summed E-state index contributed by atoms with van der Waals surface area (Å²) in [6.07, 6.45) is 7.02. The fraction of sp³-hybridized carbons (Fsp3) is 0.419. The summed E-state index contributed by atoms with van der Waals surface area (Å²) in [4.78, 5) is 0. The van der Waals surface area contributed by atoms with Gasteiger partial charge in [-0.05, 0) is 41.2 Å². The molecule has 0 atom stereocenters. The van der Waals surface area contributed by atoms with Crippen molar-refractivity contribution in [1.29, 1.82) is 0 Å². The Labute approximate surface area is 212 Å². The van der Waals surface area contributed by atoms with Gasteiger partial charge < -0.3 is 9.47 Å². The van der Waals surface area contributed by atoms with Crippen LogP contribution in [0.1, 0.15) is 69.8 Å². The highest BCUT2D eigenvalue weighted by Gasteiger charge is 2.25. The van der Waals surface area contributed by atoms with Gasteiger partial charge in [-0.3, -0.25) is 0 Å². The Morgan fingerprint density at radius 3 is 2.06 bits per heavy atom. The molecule has 0 bridgehead atoms. The summed E-state index contributed by atoms with van der Waals surface area (Å²) in [6.45, 7) is 5.16. The minimum absolute atomic E-state index is 0.212. The standard InChI is InChI=1S/C31H35F3O2/c1-3-5-6-7-8-9-21-19-35-31(36-20-21)27-17-15-25(18-28(27)32)23-10-12-24(13-11-23)26-16-14-22(4-2)29(33)30(26)34/h10-18,21,31H,3-9,19-20H2,1-2H3. The lowest BCUT2D eigenvalue weighted by Gasteiger charge is -2.30. The Morgan fingerprint density at radius 2 is 1.39 bits per heavy atom. The Morgan fingerprint density at radius 1 is 0.722 bits per heavy atom. The van der Waals surface area contributed by atoms with Crippen LogP contribution in [0, 0.1) is 23.4 Å². The molecule has 3 aromatic rings. The van der Waals surface area contributed by atoms with Crippen LogP contribution in [0.25, 0.3) is 22.3 Å². The van der Waals surface area contributed by atoms with Crippen LogP contribution in [0.2, 0.25) is 0 Å². The van der Waals surface area contributed by atoms with Crippen molar-refractivity contribution >= 4 is 0 Å². The third-order valence-corrected chi connectivity index (χ3v) is 7.01. The van der Waals surface area contributed by atoms with Gasteiger partial charge in [0.25, 0.3) is 0 Å². The van der Waals surface area contributed by atoms with Crippen LogP contribution in [-0.2, 0) is 15.9 Å². The average molecular weight is 497 g/mol. The first kappa shape index (κ1) is 26.4. The zero-order valence-corrected chi connectivity index (χ0v) is 21.2. The number of rotatable bonds is 10. The van der Waals surface area contributed by atoms with Gasteiger partial charge in [0.1, 0.15) is 5.82 Å². The third-order valence-electron chi connectivity index (χ3n) is 7.01. The molecular formula is C31H35F3O2. The number of hydrogen-bond acceptors (Lipinski definition) is 2. The molecule has 0 aromatic heterocycles. The molecule has 5 heteroatoms. The molecule has 0 N–H and O–H groups in total. The van der Waals surface area contributed by atoms with Gasteiger partial charge in [-0.2, -0.15) is 0 Å². The molecule has 1 heterocycles. The maximum absolute atomic E-state index is 15.0. The van der Waals surface area contributed by atoms with Gasteiger partial charge in [0, 0.05) is 17.0 Å². The van der Waals surface area contributed by atoms with Gasteiger partial charge in [-0.25, -0.2) is 13.2 Å². The second kappa shape index (κ2) is 12.6. The minimum Gasteiger partial charge on any atom is -0.348 e.